The van der Waals surface area contributed by atoms with Crippen LogP contribution >= 0.6 is 0 Å². The summed E-state index contributed by atoms with van der Waals surface area (Å²) in [5.74, 6) is 0.0185. The Morgan fingerprint density at radius 1 is 0.919 bits per heavy atom. The monoisotopic (exact) mass is 506 g/mol. The second kappa shape index (κ2) is 15.1. The fourth-order valence-electron chi connectivity index (χ4n) is 4.81. The van der Waals surface area contributed by atoms with Gasteiger partial charge >= 0.3 is 11.9 Å². The first-order valence-electron chi connectivity index (χ1n) is 13.7. The summed E-state index contributed by atoms with van der Waals surface area (Å²) >= 11 is 0. The van der Waals surface area contributed by atoms with E-state index in [4.69, 9.17) is 20.9 Å². The van der Waals surface area contributed by atoms with Crippen molar-refractivity contribution in [2.75, 3.05) is 11.5 Å². The van der Waals surface area contributed by atoms with Crippen molar-refractivity contribution in [3.63, 3.8) is 0 Å². The van der Waals surface area contributed by atoms with E-state index in [1.807, 2.05) is 0 Å². The molecule has 0 radical (unpaired) electrons. The van der Waals surface area contributed by atoms with Gasteiger partial charge in [0.15, 0.2) is 0 Å². The number of rotatable bonds is 13. The first kappa shape index (κ1) is 28.3. The van der Waals surface area contributed by atoms with Gasteiger partial charge in [0.25, 0.3) is 0 Å². The summed E-state index contributed by atoms with van der Waals surface area (Å²) in [5.41, 5.74) is 14.6. The third-order valence-electron chi connectivity index (χ3n) is 7.13. The van der Waals surface area contributed by atoms with Crippen molar-refractivity contribution >= 4 is 29.4 Å². The van der Waals surface area contributed by atoms with E-state index in [-0.39, 0.29) is 18.7 Å². The van der Waals surface area contributed by atoms with Gasteiger partial charge in [-0.05, 0) is 67.5 Å². The van der Waals surface area contributed by atoms with Crippen molar-refractivity contribution in [1.29, 1.82) is 0 Å². The predicted octanol–water partition coefficient (Wildman–Crippen LogP) is 7.07. The van der Waals surface area contributed by atoms with Crippen LogP contribution in [0.4, 0.5) is 11.4 Å². The molecule has 0 amide bonds. The van der Waals surface area contributed by atoms with E-state index in [0.717, 1.165) is 37.2 Å². The molecule has 0 bridgehead atoms. The van der Waals surface area contributed by atoms with E-state index >= 15 is 0 Å². The number of unbranched alkanes of at least 4 members (excludes halogenated alkanes) is 5. The van der Waals surface area contributed by atoms with Gasteiger partial charge in [-0.15, -0.1) is 0 Å². The Bertz CT molecular complexity index is 1020. The van der Waals surface area contributed by atoms with E-state index in [0.29, 0.717) is 22.5 Å². The molecule has 0 heterocycles. The zero-order valence-electron chi connectivity index (χ0n) is 22.1. The maximum atomic E-state index is 12.6. The molecule has 2 aromatic rings. The number of nitrogens with two attached hydrogens (primary N) is 2. The highest BCUT2D eigenvalue weighted by Gasteiger charge is 2.24. The van der Waals surface area contributed by atoms with Crippen LogP contribution < -0.4 is 11.5 Å². The minimum atomic E-state index is -0.480. The Kier molecular flexibility index (Phi) is 11.5. The molecule has 0 atom stereocenters. The van der Waals surface area contributed by atoms with Gasteiger partial charge in [0.1, 0.15) is 12.7 Å². The molecule has 0 aliphatic heterocycles. The smallest absolute Gasteiger partial charge is 0.338 e. The minimum absolute atomic E-state index is 0.0118. The highest BCUT2D eigenvalue weighted by molar-refractivity contribution is 5.90. The number of benzene rings is 2. The molecular weight excluding hydrogens is 464 g/mol. The number of carbonyl (C=O) groups excluding carboxylic acids is 2. The fraction of sp³-hybridized carbons (Fsp3) is 0.484. The van der Waals surface area contributed by atoms with Crippen molar-refractivity contribution in [2.45, 2.75) is 90.3 Å². The zero-order chi connectivity index (χ0) is 26.5. The van der Waals surface area contributed by atoms with E-state index < -0.39 is 5.97 Å². The third kappa shape index (κ3) is 9.95. The van der Waals surface area contributed by atoms with E-state index in [2.05, 4.69) is 6.92 Å². The highest BCUT2D eigenvalue weighted by Crippen LogP contribution is 2.30. The van der Waals surface area contributed by atoms with Crippen molar-refractivity contribution in [3.05, 3.63) is 65.2 Å². The Morgan fingerprint density at radius 3 is 2.32 bits per heavy atom. The number of esters is 2. The van der Waals surface area contributed by atoms with Crippen LogP contribution in [0.1, 0.15) is 99.0 Å². The van der Waals surface area contributed by atoms with E-state index in [9.17, 15) is 9.59 Å². The van der Waals surface area contributed by atoms with Crippen LogP contribution in [0.2, 0.25) is 0 Å². The number of nitrogen functional groups attached to an aromatic ring is 2. The van der Waals surface area contributed by atoms with Crippen LogP contribution in [0.25, 0.3) is 6.08 Å². The molecular formula is C31H42N2O4. The summed E-state index contributed by atoms with van der Waals surface area (Å²) < 4.78 is 11.0. The van der Waals surface area contributed by atoms with Gasteiger partial charge in [-0.25, -0.2) is 9.59 Å². The molecule has 2 aromatic carbocycles. The largest absolute Gasteiger partial charge is 0.459 e. The molecule has 0 aromatic heterocycles. The van der Waals surface area contributed by atoms with Gasteiger partial charge in [-0.1, -0.05) is 70.1 Å². The quantitative estimate of drug-likeness (QED) is 0.130. The van der Waals surface area contributed by atoms with Crippen molar-refractivity contribution in [3.8, 4) is 0 Å². The Balaban J connectivity index is 1.36. The van der Waals surface area contributed by atoms with Crippen molar-refractivity contribution in [1.82, 2.24) is 0 Å². The molecule has 6 heteroatoms. The topological polar surface area (TPSA) is 105 Å². The van der Waals surface area contributed by atoms with Crippen LogP contribution in [0.5, 0.6) is 0 Å². The minimum Gasteiger partial charge on any atom is -0.459 e. The third-order valence-corrected chi connectivity index (χ3v) is 7.13. The molecule has 0 unspecified atom stereocenters. The van der Waals surface area contributed by atoms with Crippen LogP contribution in [0.15, 0.2) is 48.5 Å². The maximum absolute atomic E-state index is 12.6. The first-order chi connectivity index (χ1) is 17.9. The lowest BCUT2D eigenvalue weighted by atomic mass is 9.84. The highest BCUT2D eigenvalue weighted by atomic mass is 16.5. The molecule has 0 spiro atoms. The van der Waals surface area contributed by atoms with Crippen LogP contribution in [0, 0.1) is 5.92 Å². The van der Waals surface area contributed by atoms with Gasteiger partial charge in [0.2, 0.25) is 0 Å². The fourth-order valence-corrected chi connectivity index (χ4v) is 4.81. The molecule has 200 valence electrons. The van der Waals surface area contributed by atoms with Gasteiger partial charge < -0.3 is 20.9 Å². The van der Waals surface area contributed by atoms with Crippen LogP contribution in [0.3, 0.4) is 0 Å². The van der Waals surface area contributed by atoms with Crippen LogP contribution in [-0.2, 0) is 20.9 Å². The average Bonchev–Trinajstić information content (AvgIpc) is 2.90. The predicted molar refractivity (Wildman–Crippen MR) is 150 cm³/mol. The summed E-state index contributed by atoms with van der Waals surface area (Å²) in [6.07, 6.45) is 16.6. The molecule has 4 N–H and O–H groups in total. The molecule has 6 nitrogen and oxygen atoms in total. The number of ether oxygens (including phenoxy) is 2. The summed E-state index contributed by atoms with van der Waals surface area (Å²) in [6, 6.07) is 12.1. The Labute approximate surface area is 221 Å². The Morgan fingerprint density at radius 2 is 1.62 bits per heavy atom. The lowest BCUT2D eigenvalue weighted by Gasteiger charge is -2.28. The molecule has 1 fully saturated rings. The molecule has 1 saturated carbocycles. The normalized spacial score (nSPS) is 17.5. The molecule has 1 aliphatic carbocycles. The summed E-state index contributed by atoms with van der Waals surface area (Å²) in [4.78, 5) is 24.7. The molecule has 37 heavy (non-hydrogen) atoms. The van der Waals surface area contributed by atoms with Crippen molar-refractivity contribution < 1.29 is 19.1 Å². The standard InChI is InChI=1S/C31H42N2O4/c1-2-3-4-5-6-7-8-23-11-18-28(19-12-23)37-31(35)25-14-9-24(10-15-25)13-20-30(34)36-22-26-16-17-27(32)21-29(26)33/h9-10,13-17,20-21,23,28H,2-8,11-12,18-19,22,32-33H2,1H3/b20-13+. The van der Waals surface area contributed by atoms with Crippen LogP contribution in [-0.4, -0.2) is 18.0 Å². The average molecular weight is 507 g/mol. The SMILES string of the molecule is CCCCCCCCC1CCC(OC(=O)c2ccc(/C=C/C(=O)OCc3ccc(N)cc3N)cc2)CC1. The summed E-state index contributed by atoms with van der Waals surface area (Å²) in [5, 5.41) is 0. The number of hydrogen-bond donors (Lipinski definition) is 2. The lowest BCUT2D eigenvalue weighted by molar-refractivity contribution is -0.138. The molecule has 0 saturated heterocycles. The number of anilines is 2. The Hall–Kier alpha value is -3.28. The van der Waals surface area contributed by atoms with E-state index in [1.54, 1.807) is 48.5 Å². The second-order valence-corrected chi connectivity index (χ2v) is 10.1. The number of carbonyl (C=O) groups is 2. The summed E-state index contributed by atoms with van der Waals surface area (Å²) in [6.45, 7) is 2.32. The maximum Gasteiger partial charge on any atom is 0.338 e. The van der Waals surface area contributed by atoms with E-state index in [1.165, 1.54) is 51.0 Å². The van der Waals surface area contributed by atoms with Gasteiger partial charge in [-0.2, -0.15) is 0 Å². The van der Waals surface area contributed by atoms with Gasteiger partial charge in [0.05, 0.1) is 5.56 Å². The van der Waals surface area contributed by atoms with Crippen molar-refractivity contribution in [2.24, 2.45) is 5.92 Å². The lowest BCUT2D eigenvalue weighted by Crippen LogP contribution is -2.24. The second-order valence-electron chi connectivity index (χ2n) is 10.1. The van der Waals surface area contributed by atoms with Gasteiger partial charge in [0, 0.05) is 23.0 Å². The molecule has 1 aliphatic rings. The van der Waals surface area contributed by atoms with Gasteiger partial charge in [-0.3, -0.25) is 0 Å². The zero-order valence-corrected chi connectivity index (χ0v) is 22.1. The summed E-state index contributed by atoms with van der Waals surface area (Å²) in [7, 11) is 0. The first-order valence-corrected chi connectivity index (χ1v) is 13.7. The molecule has 3 rings (SSSR count). The number of hydrogen-bond acceptors (Lipinski definition) is 6.